The molecule has 1 aliphatic rings. The molecule has 1 heterocycles. The number of hydrogen-bond donors (Lipinski definition) is 2. The molecule has 3 N–H and O–H groups in total. The second-order valence-electron chi connectivity index (χ2n) is 5.98. The number of hydrogen-bond acceptors (Lipinski definition) is 4. The molecule has 5 heteroatoms. The van der Waals surface area contributed by atoms with E-state index < -0.39 is 0 Å². The van der Waals surface area contributed by atoms with Gasteiger partial charge in [0.2, 0.25) is 5.91 Å². The highest BCUT2D eigenvalue weighted by Crippen LogP contribution is 2.15. The maximum atomic E-state index is 12.1. The van der Waals surface area contributed by atoms with E-state index in [4.69, 9.17) is 5.73 Å². The molecule has 2 atom stereocenters. The molecule has 1 fully saturated rings. The van der Waals surface area contributed by atoms with E-state index in [1.807, 2.05) is 0 Å². The number of amides is 1. The zero-order valence-corrected chi connectivity index (χ0v) is 12.6. The summed E-state index contributed by atoms with van der Waals surface area (Å²) in [5, 5.41) is 2.84. The minimum atomic E-state index is -0.0722. The Bertz CT molecular complexity index is 520. The summed E-state index contributed by atoms with van der Waals surface area (Å²) < 4.78 is 0. The van der Waals surface area contributed by atoms with Crippen molar-refractivity contribution in [1.29, 1.82) is 0 Å². The summed E-state index contributed by atoms with van der Waals surface area (Å²) in [4.78, 5) is 25.5. The van der Waals surface area contributed by atoms with Crippen molar-refractivity contribution < 1.29 is 9.59 Å². The molecule has 1 amide bonds. The van der Waals surface area contributed by atoms with E-state index in [-0.39, 0.29) is 17.7 Å². The predicted octanol–water partition coefficient (Wildman–Crippen LogP) is 1.50. The molecule has 1 aliphatic heterocycles. The van der Waals surface area contributed by atoms with Crippen molar-refractivity contribution in [2.45, 2.75) is 26.3 Å². The van der Waals surface area contributed by atoms with Crippen molar-refractivity contribution in [3.05, 3.63) is 29.8 Å². The lowest BCUT2D eigenvalue weighted by molar-refractivity contribution is -0.117. The monoisotopic (exact) mass is 289 g/mol. The molecule has 114 valence electrons. The number of nitrogens with one attached hydrogen (secondary N) is 1. The SMILES string of the molecule is CC(=O)c1cccc(NC(=O)CN2CC(C)CC(N)C2)c1. The van der Waals surface area contributed by atoms with Gasteiger partial charge >= 0.3 is 0 Å². The second kappa shape index (κ2) is 6.83. The number of piperidine rings is 1. The number of carbonyl (C=O) groups is 2. The van der Waals surface area contributed by atoms with Gasteiger partial charge in [-0.2, -0.15) is 0 Å². The number of benzene rings is 1. The van der Waals surface area contributed by atoms with Crippen LogP contribution in [0.5, 0.6) is 0 Å². The Morgan fingerprint density at radius 2 is 2.14 bits per heavy atom. The van der Waals surface area contributed by atoms with Crippen molar-refractivity contribution in [3.63, 3.8) is 0 Å². The Morgan fingerprint density at radius 3 is 2.81 bits per heavy atom. The first-order valence-electron chi connectivity index (χ1n) is 7.33. The Labute approximate surface area is 125 Å². The van der Waals surface area contributed by atoms with Gasteiger partial charge in [0.05, 0.1) is 6.54 Å². The van der Waals surface area contributed by atoms with Gasteiger partial charge in [-0.05, 0) is 31.4 Å². The van der Waals surface area contributed by atoms with Crippen molar-refractivity contribution in [3.8, 4) is 0 Å². The molecule has 0 aliphatic carbocycles. The molecule has 5 nitrogen and oxygen atoms in total. The van der Waals surface area contributed by atoms with E-state index >= 15 is 0 Å². The van der Waals surface area contributed by atoms with Gasteiger partial charge < -0.3 is 11.1 Å². The summed E-state index contributed by atoms with van der Waals surface area (Å²) in [5.74, 6) is 0.432. The van der Waals surface area contributed by atoms with Crippen LogP contribution in [-0.2, 0) is 4.79 Å². The van der Waals surface area contributed by atoms with Crippen LogP contribution in [0.1, 0.15) is 30.6 Å². The molecular formula is C16H23N3O2. The lowest BCUT2D eigenvalue weighted by atomic mass is 9.97. The molecule has 2 unspecified atom stereocenters. The number of carbonyl (C=O) groups excluding carboxylic acids is 2. The van der Waals surface area contributed by atoms with Gasteiger partial charge in [0.1, 0.15) is 0 Å². The average Bonchev–Trinajstić information content (AvgIpc) is 2.37. The third kappa shape index (κ3) is 4.65. The number of Topliss-reactive ketones (excluding diaryl/α,β-unsaturated/α-hetero) is 1. The van der Waals surface area contributed by atoms with Crippen LogP contribution >= 0.6 is 0 Å². The van der Waals surface area contributed by atoms with Gasteiger partial charge in [-0.15, -0.1) is 0 Å². The first kappa shape index (κ1) is 15.7. The summed E-state index contributed by atoms with van der Waals surface area (Å²) in [6, 6.07) is 7.14. The smallest absolute Gasteiger partial charge is 0.238 e. The normalized spacial score (nSPS) is 22.8. The molecule has 0 radical (unpaired) electrons. The summed E-state index contributed by atoms with van der Waals surface area (Å²) in [6.07, 6.45) is 1.01. The maximum Gasteiger partial charge on any atom is 0.238 e. The molecule has 0 aromatic heterocycles. The minimum absolute atomic E-state index is 0.0121. The molecular weight excluding hydrogens is 266 g/mol. The first-order valence-corrected chi connectivity index (χ1v) is 7.33. The van der Waals surface area contributed by atoms with Crippen LogP contribution in [0.25, 0.3) is 0 Å². The Kier molecular flexibility index (Phi) is 5.09. The highest BCUT2D eigenvalue weighted by atomic mass is 16.2. The zero-order chi connectivity index (χ0) is 15.4. The molecule has 1 aromatic carbocycles. The summed E-state index contributed by atoms with van der Waals surface area (Å²) in [7, 11) is 0. The van der Waals surface area contributed by atoms with Crippen LogP contribution in [0.2, 0.25) is 0 Å². The number of nitrogens with zero attached hydrogens (tertiary/aromatic N) is 1. The fraction of sp³-hybridized carbons (Fsp3) is 0.500. The molecule has 0 saturated carbocycles. The minimum Gasteiger partial charge on any atom is -0.327 e. The third-order valence-electron chi connectivity index (χ3n) is 3.69. The summed E-state index contributed by atoms with van der Waals surface area (Å²) in [6.45, 7) is 5.65. The lowest BCUT2D eigenvalue weighted by Crippen LogP contribution is -2.48. The van der Waals surface area contributed by atoms with Crippen LogP contribution in [0.3, 0.4) is 0 Å². The lowest BCUT2D eigenvalue weighted by Gasteiger charge is -2.34. The molecule has 1 saturated heterocycles. The Balaban J connectivity index is 1.92. The number of nitrogens with two attached hydrogens (primary N) is 1. The molecule has 2 rings (SSSR count). The van der Waals surface area contributed by atoms with E-state index in [1.165, 1.54) is 6.92 Å². The van der Waals surface area contributed by atoms with E-state index in [9.17, 15) is 9.59 Å². The highest BCUT2D eigenvalue weighted by molar-refractivity contribution is 5.97. The maximum absolute atomic E-state index is 12.1. The van der Waals surface area contributed by atoms with Gasteiger partial charge in [-0.1, -0.05) is 19.1 Å². The third-order valence-corrected chi connectivity index (χ3v) is 3.69. The zero-order valence-electron chi connectivity index (χ0n) is 12.6. The molecule has 1 aromatic rings. The highest BCUT2D eigenvalue weighted by Gasteiger charge is 2.23. The molecule has 0 bridgehead atoms. The van der Waals surface area contributed by atoms with Gasteiger partial charge in [0.15, 0.2) is 5.78 Å². The van der Waals surface area contributed by atoms with Crippen molar-refractivity contribution in [2.24, 2.45) is 11.7 Å². The van der Waals surface area contributed by atoms with E-state index in [0.29, 0.717) is 23.7 Å². The van der Waals surface area contributed by atoms with E-state index in [1.54, 1.807) is 24.3 Å². The van der Waals surface area contributed by atoms with Gasteiger partial charge in [-0.3, -0.25) is 14.5 Å². The fourth-order valence-electron chi connectivity index (χ4n) is 2.86. The summed E-state index contributed by atoms with van der Waals surface area (Å²) >= 11 is 0. The number of ketones is 1. The van der Waals surface area contributed by atoms with Gasteiger partial charge in [-0.25, -0.2) is 0 Å². The van der Waals surface area contributed by atoms with E-state index in [0.717, 1.165) is 19.5 Å². The van der Waals surface area contributed by atoms with Crippen LogP contribution in [0.4, 0.5) is 5.69 Å². The van der Waals surface area contributed by atoms with Crippen molar-refractivity contribution in [1.82, 2.24) is 4.90 Å². The van der Waals surface area contributed by atoms with Crippen molar-refractivity contribution in [2.75, 3.05) is 25.0 Å². The van der Waals surface area contributed by atoms with Crippen LogP contribution in [0.15, 0.2) is 24.3 Å². The molecule has 21 heavy (non-hydrogen) atoms. The van der Waals surface area contributed by atoms with Gasteiger partial charge in [0, 0.05) is 30.4 Å². The quantitative estimate of drug-likeness (QED) is 0.824. The standard InChI is InChI=1S/C16H23N3O2/c1-11-6-14(17)9-19(8-11)10-16(21)18-15-5-3-4-13(7-15)12(2)20/h3-5,7,11,14H,6,8-10,17H2,1-2H3,(H,18,21). The fourth-order valence-corrected chi connectivity index (χ4v) is 2.86. The Hall–Kier alpha value is -1.72. The van der Waals surface area contributed by atoms with E-state index in [2.05, 4.69) is 17.1 Å². The van der Waals surface area contributed by atoms with Crippen LogP contribution < -0.4 is 11.1 Å². The van der Waals surface area contributed by atoms with Crippen LogP contribution in [0, 0.1) is 5.92 Å². The Morgan fingerprint density at radius 1 is 1.38 bits per heavy atom. The average molecular weight is 289 g/mol. The van der Waals surface area contributed by atoms with Gasteiger partial charge in [0.25, 0.3) is 0 Å². The van der Waals surface area contributed by atoms with Crippen LogP contribution in [-0.4, -0.2) is 42.3 Å². The first-order chi connectivity index (χ1) is 9.94. The summed E-state index contributed by atoms with van der Waals surface area (Å²) in [5.41, 5.74) is 7.24. The largest absolute Gasteiger partial charge is 0.327 e. The second-order valence-corrected chi connectivity index (χ2v) is 5.98. The topological polar surface area (TPSA) is 75.4 Å². The van der Waals surface area contributed by atoms with Crippen molar-refractivity contribution >= 4 is 17.4 Å². The number of rotatable bonds is 4. The predicted molar refractivity (Wildman–Crippen MR) is 83.3 cm³/mol. The number of anilines is 1. The molecule has 0 spiro atoms. The number of likely N-dealkylation sites (tertiary alicyclic amines) is 1.